The predicted octanol–water partition coefficient (Wildman–Crippen LogP) is 2.83. The van der Waals surface area contributed by atoms with Crippen LogP contribution in [0.1, 0.15) is 40.0 Å². The molecular weight excluding hydrogens is 172 g/mol. The van der Waals surface area contributed by atoms with E-state index in [1.807, 2.05) is 13.8 Å². The average molecular weight is 192 g/mol. The molecule has 0 aliphatic carbocycles. The van der Waals surface area contributed by atoms with Crippen LogP contribution < -0.4 is 0 Å². The van der Waals surface area contributed by atoms with Crippen molar-refractivity contribution < 1.29 is 9.90 Å². The molecule has 0 bridgehead atoms. The third-order valence-electron chi connectivity index (χ3n) is 1.09. The van der Waals surface area contributed by atoms with Crippen molar-refractivity contribution >= 4 is 18.6 Å². The Morgan fingerprint density at radius 2 is 2.00 bits per heavy atom. The summed E-state index contributed by atoms with van der Waals surface area (Å²) < 4.78 is 0. The molecule has 1 N–H and O–H groups in total. The van der Waals surface area contributed by atoms with Gasteiger partial charge < -0.3 is 5.11 Å². The van der Waals surface area contributed by atoms with E-state index < -0.39 is 5.97 Å². The molecule has 74 valence electrons. The number of carboxylic acids is 1. The highest BCUT2D eigenvalue weighted by Gasteiger charge is 1.98. The Morgan fingerprint density at radius 1 is 1.50 bits per heavy atom. The normalized spacial score (nSPS) is 9.08. The van der Waals surface area contributed by atoms with Crippen LogP contribution in [0.2, 0.25) is 0 Å². The summed E-state index contributed by atoms with van der Waals surface area (Å²) in [6, 6.07) is 0. The van der Waals surface area contributed by atoms with Crippen molar-refractivity contribution in [2.24, 2.45) is 5.92 Å². The molecule has 2 nitrogen and oxygen atoms in total. The van der Waals surface area contributed by atoms with Crippen LogP contribution in [0, 0.1) is 5.92 Å². The summed E-state index contributed by atoms with van der Waals surface area (Å²) in [5, 5.41) is 8.08. The number of carbonyl (C=O) groups is 1. The molecule has 0 aromatic rings. The second-order valence-corrected chi connectivity index (χ2v) is 3.52. The molecule has 0 aliphatic rings. The van der Waals surface area contributed by atoms with Gasteiger partial charge in [-0.05, 0) is 18.1 Å². The number of unbranched alkanes of at least 4 members (excludes halogenated alkanes) is 1. The zero-order valence-electron chi connectivity index (χ0n) is 8.21. The molecule has 0 amide bonds. The molecule has 0 rings (SSSR count). The molecule has 0 fully saturated rings. The Labute approximate surface area is 80.8 Å². The molecule has 0 aromatic carbocycles. The fourth-order valence-corrected chi connectivity index (χ4v) is 0.824. The van der Waals surface area contributed by atoms with Crippen LogP contribution >= 0.6 is 12.6 Å². The van der Waals surface area contributed by atoms with Crippen molar-refractivity contribution in [3.8, 4) is 0 Å². The molecule has 0 radical (unpaired) electrons. The van der Waals surface area contributed by atoms with Gasteiger partial charge in [0.1, 0.15) is 0 Å². The van der Waals surface area contributed by atoms with E-state index in [-0.39, 0.29) is 12.3 Å². The smallest absolute Gasteiger partial charge is 0.303 e. The first-order valence-corrected chi connectivity index (χ1v) is 5.00. The van der Waals surface area contributed by atoms with Crippen LogP contribution in [0.4, 0.5) is 0 Å². The Morgan fingerprint density at radius 3 is 2.00 bits per heavy atom. The number of aliphatic carboxylic acids is 1. The van der Waals surface area contributed by atoms with Gasteiger partial charge in [0, 0.05) is 6.42 Å². The summed E-state index contributed by atoms with van der Waals surface area (Å²) in [6.45, 7) is 5.93. The van der Waals surface area contributed by atoms with E-state index in [1.54, 1.807) is 0 Å². The van der Waals surface area contributed by atoms with Crippen LogP contribution in [0.3, 0.4) is 0 Å². The van der Waals surface area contributed by atoms with Gasteiger partial charge in [0.15, 0.2) is 0 Å². The predicted molar refractivity (Wildman–Crippen MR) is 55.9 cm³/mol. The third kappa shape index (κ3) is 22.6. The van der Waals surface area contributed by atoms with Crippen molar-refractivity contribution in [3.63, 3.8) is 0 Å². The first kappa shape index (κ1) is 14.3. The summed E-state index contributed by atoms with van der Waals surface area (Å²) in [7, 11) is 0. The maximum Gasteiger partial charge on any atom is 0.303 e. The standard InChI is InChI=1S/C5H10O2.C4H10S/c1-4(2)3-5(6)7;1-2-3-4-5/h4H,3H2,1-2H3,(H,6,7);5H,2-4H2,1H3. The quantitative estimate of drug-likeness (QED) is 0.672. The summed E-state index contributed by atoms with van der Waals surface area (Å²) in [5.41, 5.74) is 0. The van der Waals surface area contributed by atoms with E-state index in [1.165, 1.54) is 12.8 Å². The minimum atomic E-state index is -0.713. The van der Waals surface area contributed by atoms with E-state index in [2.05, 4.69) is 19.6 Å². The highest BCUT2D eigenvalue weighted by molar-refractivity contribution is 7.80. The Bertz CT molecular complexity index is 101. The van der Waals surface area contributed by atoms with E-state index in [0.29, 0.717) is 0 Å². The molecule has 0 saturated carbocycles. The summed E-state index contributed by atoms with van der Waals surface area (Å²) >= 11 is 4.00. The number of thiol groups is 1. The van der Waals surface area contributed by atoms with Gasteiger partial charge in [-0.3, -0.25) is 4.79 Å². The fraction of sp³-hybridized carbons (Fsp3) is 0.889. The lowest BCUT2D eigenvalue weighted by Crippen LogP contribution is -1.99. The molecule has 0 heterocycles. The second kappa shape index (κ2) is 10.8. The van der Waals surface area contributed by atoms with Crippen molar-refractivity contribution in [1.82, 2.24) is 0 Å². The van der Waals surface area contributed by atoms with Gasteiger partial charge in [-0.15, -0.1) is 0 Å². The zero-order valence-corrected chi connectivity index (χ0v) is 9.10. The van der Waals surface area contributed by atoms with Crippen molar-refractivity contribution in [3.05, 3.63) is 0 Å². The van der Waals surface area contributed by atoms with Crippen LogP contribution in [0.5, 0.6) is 0 Å². The molecular formula is C9H20O2S. The minimum Gasteiger partial charge on any atom is -0.481 e. The fourth-order valence-electron chi connectivity index (χ4n) is 0.507. The molecule has 3 heteroatoms. The molecule has 0 saturated heterocycles. The Kier molecular flexibility index (Phi) is 12.9. The van der Waals surface area contributed by atoms with Crippen molar-refractivity contribution in [2.75, 3.05) is 5.75 Å². The number of rotatable bonds is 4. The third-order valence-corrected chi connectivity index (χ3v) is 1.41. The number of hydrogen-bond acceptors (Lipinski definition) is 2. The van der Waals surface area contributed by atoms with E-state index in [4.69, 9.17) is 5.11 Å². The van der Waals surface area contributed by atoms with Crippen molar-refractivity contribution in [1.29, 1.82) is 0 Å². The molecule has 12 heavy (non-hydrogen) atoms. The molecule has 0 spiro atoms. The van der Waals surface area contributed by atoms with Gasteiger partial charge in [-0.25, -0.2) is 0 Å². The van der Waals surface area contributed by atoms with Crippen LogP contribution in [0.25, 0.3) is 0 Å². The van der Waals surface area contributed by atoms with E-state index >= 15 is 0 Å². The SMILES string of the molecule is CC(C)CC(=O)O.CCCCS. The van der Waals surface area contributed by atoms with Gasteiger partial charge in [-0.2, -0.15) is 12.6 Å². The second-order valence-electron chi connectivity index (χ2n) is 3.07. The van der Waals surface area contributed by atoms with Gasteiger partial charge in [0.25, 0.3) is 0 Å². The maximum atomic E-state index is 9.81. The summed E-state index contributed by atoms with van der Waals surface area (Å²) in [5.74, 6) is 0.601. The van der Waals surface area contributed by atoms with Gasteiger partial charge in [0.05, 0.1) is 0 Å². The summed E-state index contributed by atoms with van der Waals surface area (Å²) in [4.78, 5) is 9.81. The molecule has 0 atom stereocenters. The maximum absolute atomic E-state index is 9.81. The average Bonchev–Trinajstić information content (AvgIpc) is 1.87. The minimum absolute atomic E-state index is 0.275. The number of hydrogen-bond donors (Lipinski definition) is 2. The van der Waals surface area contributed by atoms with Crippen LogP contribution in [-0.4, -0.2) is 16.8 Å². The number of carboxylic acid groups (broad SMARTS) is 1. The summed E-state index contributed by atoms with van der Waals surface area (Å²) in [6.07, 6.45) is 2.80. The van der Waals surface area contributed by atoms with E-state index in [9.17, 15) is 4.79 Å². The van der Waals surface area contributed by atoms with Crippen LogP contribution in [0.15, 0.2) is 0 Å². The molecule has 0 unspecified atom stereocenters. The molecule has 0 aromatic heterocycles. The highest BCUT2D eigenvalue weighted by atomic mass is 32.1. The Balaban J connectivity index is 0. The molecule has 0 aliphatic heterocycles. The van der Waals surface area contributed by atoms with Crippen molar-refractivity contribution in [2.45, 2.75) is 40.0 Å². The first-order valence-electron chi connectivity index (χ1n) is 4.37. The monoisotopic (exact) mass is 192 g/mol. The lowest BCUT2D eigenvalue weighted by atomic mass is 10.1. The highest BCUT2D eigenvalue weighted by Crippen LogP contribution is 1.96. The lowest BCUT2D eigenvalue weighted by Gasteiger charge is -1.94. The Hall–Kier alpha value is -0.180. The lowest BCUT2D eigenvalue weighted by molar-refractivity contribution is -0.137. The van der Waals surface area contributed by atoms with Gasteiger partial charge >= 0.3 is 5.97 Å². The largest absolute Gasteiger partial charge is 0.481 e. The first-order chi connectivity index (χ1) is 5.54. The zero-order chi connectivity index (χ0) is 9.98. The topological polar surface area (TPSA) is 37.3 Å². The van der Waals surface area contributed by atoms with Gasteiger partial charge in [-0.1, -0.05) is 27.2 Å². The van der Waals surface area contributed by atoms with Crippen LogP contribution in [-0.2, 0) is 4.79 Å². The van der Waals surface area contributed by atoms with Gasteiger partial charge in [0.2, 0.25) is 0 Å². The van der Waals surface area contributed by atoms with E-state index in [0.717, 1.165) is 5.75 Å².